The van der Waals surface area contributed by atoms with Crippen LogP contribution in [0.3, 0.4) is 0 Å². The highest BCUT2D eigenvalue weighted by atomic mass is 32.2. The maximum absolute atomic E-state index is 10.5. The van der Waals surface area contributed by atoms with Gasteiger partial charge in [-0.3, -0.25) is 0 Å². The van der Waals surface area contributed by atoms with Crippen LogP contribution in [0.2, 0.25) is 0 Å². The predicted molar refractivity (Wildman–Crippen MR) is 111 cm³/mol. The van der Waals surface area contributed by atoms with Gasteiger partial charge >= 0.3 is 0 Å². The van der Waals surface area contributed by atoms with Crippen LogP contribution < -0.4 is 0 Å². The van der Waals surface area contributed by atoms with E-state index in [1.165, 1.54) is 0 Å². The normalized spacial score (nSPS) is 45.7. The molecule has 1 aromatic rings. The lowest BCUT2D eigenvalue weighted by Crippen LogP contribution is -2.61. The van der Waals surface area contributed by atoms with Crippen LogP contribution in [-0.4, -0.2) is 134 Å². The van der Waals surface area contributed by atoms with Crippen molar-refractivity contribution in [3.05, 3.63) is 24.4 Å². The van der Waals surface area contributed by atoms with E-state index in [9.17, 15) is 35.7 Å². The molecule has 12 atom stereocenters. The smallest absolute Gasteiger partial charge is 0.186 e. The summed E-state index contributed by atoms with van der Waals surface area (Å²) in [5.74, 6) is 0. The van der Waals surface area contributed by atoms with E-state index in [0.717, 1.165) is 11.8 Å². The van der Waals surface area contributed by atoms with Crippen LogP contribution in [0.1, 0.15) is 0 Å². The molecule has 1 aromatic heterocycles. The van der Waals surface area contributed by atoms with Crippen molar-refractivity contribution in [2.24, 2.45) is 0 Å². The molecule has 0 radical (unpaired) electrons. The molecule has 13 nitrogen and oxygen atoms in total. The Labute approximate surface area is 198 Å². The van der Waals surface area contributed by atoms with E-state index in [2.05, 4.69) is 4.98 Å². The third-order valence-corrected chi connectivity index (χ3v) is 6.95. The summed E-state index contributed by atoms with van der Waals surface area (Å²) in [4.78, 5) is 4.14. The predicted octanol–water partition coefficient (Wildman–Crippen LogP) is -3.46. The monoisotopic (exact) mass is 507 g/mol. The molecule has 34 heavy (non-hydrogen) atoms. The molecule has 0 aromatic carbocycles. The first-order valence-corrected chi connectivity index (χ1v) is 11.6. The lowest BCUT2D eigenvalue weighted by Gasteiger charge is -2.43. The molecule has 0 unspecified atom stereocenters. The summed E-state index contributed by atoms with van der Waals surface area (Å²) in [5.41, 5.74) is -0.791. The van der Waals surface area contributed by atoms with Crippen molar-refractivity contribution in [3.8, 4) is 0 Å². The second-order valence-electron chi connectivity index (χ2n) is 8.25. The molecular weight excluding hydrogens is 478 g/mol. The van der Waals surface area contributed by atoms with E-state index in [1.54, 1.807) is 24.4 Å². The minimum absolute atomic E-state index is 0.117. The lowest BCUT2D eigenvalue weighted by atomic mass is 10.0. The molecule has 14 heteroatoms. The number of ether oxygens (including phenoxy) is 5. The van der Waals surface area contributed by atoms with Crippen molar-refractivity contribution in [1.82, 2.24) is 4.98 Å². The number of rotatable bonds is 6. The lowest BCUT2D eigenvalue weighted by molar-refractivity contribution is -0.340. The molecule has 0 amide bonds. The number of hydrogen-bond acceptors (Lipinski definition) is 14. The Morgan fingerprint density at radius 3 is 1.94 bits per heavy atom. The van der Waals surface area contributed by atoms with Gasteiger partial charge in [0.25, 0.3) is 0 Å². The molecule has 7 N–H and O–H groups in total. The van der Waals surface area contributed by atoms with E-state index in [4.69, 9.17) is 23.7 Å². The van der Waals surface area contributed by atoms with Crippen molar-refractivity contribution < 1.29 is 59.4 Å². The van der Waals surface area contributed by atoms with E-state index in [-0.39, 0.29) is 19.8 Å². The fourth-order valence-corrected chi connectivity index (χ4v) is 4.74. The minimum Gasteiger partial charge on any atom is -0.388 e. The second-order valence-corrected chi connectivity index (χ2v) is 9.37. The van der Waals surface area contributed by atoms with Crippen LogP contribution in [0.15, 0.2) is 29.4 Å². The van der Waals surface area contributed by atoms with Crippen LogP contribution in [0, 0.1) is 0 Å². The van der Waals surface area contributed by atoms with Gasteiger partial charge in [-0.1, -0.05) is 17.8 Å². The zero-order chi connectivity index (χ0) is 24.4. The van der Waals surface area contributed by atoms with E-state index >= 15 is 0 Å². The molecule has 0 spiro atoms. The molecule has 3 fully saturated rings. The molecule has 3 aliphatic heterocycles. The fourth-order valence-electron chi connectivity index (χ4n) is 3.78. The number of hydrogen-bond donors (Lipinski definition) is 7. The number of aromatic nitrogens is 1. The second kappa shape index (κ2) is 11.4. The number of nitrogens with zero attached hydrogens (tertiary/aromatic N) is 1. The Morgan fingerprint density at radius 2 is 1.29 bits per heavy atom. The van der Waals surface area contributed by atoms with Gasteiger partial charge in [-0.05, 0) is 12.1 Å². The third-order valence-electron chi connectivity index (χ3n) is 5.82. The topological polar surface area (TPSA) is 201 Å². The Balaban J connectivity index is 1.29. The summed E-state index contributed by atoms with van der Waals surface area (Å²) in [6, 6.07) is 5.27. The van der Waals surface area contributed by atoms with Gasteiger partial charge in [-0.25, -0.2) is 4.98 Å². The SMILES string of the molecule is O[C@@H]1[C@@H](O)[C@H](O[C@@H]2CO[C@@H](O[C@@H]3CO[C@@H](Sc4ccccn4)[C@H](O)[C@H]3O)[C@H](O)[C@H]2O)OC[C@H]1O. The summed E-state index contributed by atoms with van der Waals surface area (Å²) >= 11 is 1.14. The highest BCUT2D eigenvalue weighted by molar-refractivity contribution is 7.99. The van der Waals surface area contributed by atoms with Crippen LogP contribution in [-0.2, 0) is 23.7 Å². The largest absolute Gasteiger partial charge is 0.388 e. The average Bonchev–Trinajstić information content (AvgIpc) is 2.84. The highest BCUT2D eigenvalue weighted by Crippen LogP contribution is 2.32. The molecule has 192 valence electrons. The van der Waals surface area contributed by atoms with Crippen LogP contribution in [0.25, 0.3) is 0 Å². The summed E-state index contributed by atoms with van der Waals surface area (Å²) < 4.78 is 27.2. The van der Waals surface area contributed by atoms with Gasteiger partial charge in [-0.2, -0.15) is 0 Å². The number of pyridine rings is 1. The first-order valence-electron chi connectivity index (χ1n) is 10.8. The average molecular weight is 508 g/mol. The van der Waals surface area contributed by atoms with Crippen molar-refractivity contribution in [3.63, 3.8) is 0 Å². The Kier molecular flexibility index (Phi) is 8.74. The molecule has 0 saturated carbocycles. The standard InChI is InChI=1S/C20H29NO12S/c22-8-5-29-18(15(26)12(8)23)32-9-6-30-19(16(27)13(9)24)33-10-7-31-20(17(28)14(10)25)34-11-3-1-2-4-21-11/h1-4,8-10,12-20,22-28H,5-7H2/t8-,9-,10-,12+,13+,14+,15-,16-,17-,18+,19+,20+/m1/s1. The first kappa shape index (κ1) is 26.1. The zero-order valence-corrected chi connectivity index (χ0v) is 18.7. The summed E-state index contributed by atoms with van der Waals surface area (Å²) in [6.07, 6.45) is -13.5. The van der Waals surface area contributed by atoms with Crippen LogP contribution in [0.4, 0.5) is 0 Å². The van der Waals surface area contributed by atoms with Gasteiger partial charge in [0.1, 0.15) is 60.4 Å². The van der Waals surface area contributed by atoms with Crippen molar-refractivity contribution >= 4 is 11.8 Å². The molecule has 3 aliphatic rings. The van der Waals surface area contributed by atoms with Gasteiger partial charge in [-0.15, -0.1) is 0 Å². The van der Waals surface area contributed by atoms with Gasteiger partial charge in [0.2, 0.25) is 0 Å². The number of aliphatic hydroxyl groups is 7. The quantitative estimate of drug-likeness (QED) is 0.200. The first-order chi connectivity index (χ1) is 16.3. The summed E-state index contributed by atoms with van der Waals surface area (Å²) in [7, 11) is 0. The van der Waals surface area contributed by atoms with Gasteiger partial charge in [0.05, 0.1) is 24.8 Å². The molecule has 0 aliphatic carbocycles. The molecule has 4 heterocycles. The van der Waals surface area contributed by atoms with Crippen LogP contribution >= 0.6 is 11.8 Å². The van der Waals surface area contributed by atoms with E-state index in [1.807, 2.05) is 0 Å². The maximum Gasteiger partial charge on any atom is 0.186 e. The van der Waals surface area contributed by atoms with Gasteiger partial charge < -0.3 is 59.4 Å². The Hall–Kier alpha value is -0.980. The minimum atomic E-state index is -1.61. The maximum atomic E-state index is 10.5. The molecule has 0 bridgehead atoms. The number of aliphatic hydroxyl groups excluding tert-OH is 7. The highest BCUT2D eigenvalue weighted by Gasteiger charge is 2.47. The Bertz CT molecular complexity index is 779. The Morgan fingerprint density at radius 1 is 0.706 bits per heavy atom. The molecule has 3 saturated heterocycles. The van der Waals surface area contributed by atoms with Crippen molar-refractivity contribution in [1.29, 1.82) is 0 Å². The van der Waals surface area contributed by atoms with Crippen molar-refractivity contribution in [2.45, 2.75) is 78.0 Å². The number of thioether (sulfide) groups is 1. The van der Waals surface area contributed by atoms with Gasteiger partial charge in [0, 0.05) is 6.20 Å². The molecular formula is C20H29NO12S. The van der Waals surface area contributed by atoms with E-state index in [0.29, 0.717) is 5.03 Å². The van der Waals surface area contributed by atoms with Crippen LogP contribution in [0.5, 0.6) is 0 Å². The van der Waals surface area contributed by atoms with Gasteiger partial charge in [0.15, 0.2) is 12.6 Å². The molecule has 4 rings (SSSR count). The van der Waals surface area contributed by atoms with E-state index < -0.39 is 73.0 Å². The van der Waals surface area contributed by atoms with Crippen molar-refractivity contribution in [2.75, 3.05) is 19.8 Å². The summed E-state index contributed by atoms with van der Waals surface area (Å²) in [5, 5.41) is 71.7. The zero-order valence-electron chi connectivity index (χ0n) is 17.9. The summed E-state index contributed by atoms with van der Waals surface area (Å²) in [6.45, 7) is -0.686. The fraction of sp³-hybridized carbons (Fsp3) is 0.750. The third kappa shape index (κ3) is 5.70.